The topological polar surface area (TPSA) is 162 Å². The van der Waals surface area contributed by atoms with Crippen molar-refractivity contribution in [3.63, 3.8) is 0 Å². The molecule has 12 nitrogen and oxygen atoms in total. The van der Waals surface area contributed by atoms with Crippen molar-refractivity contribution < 1.29 is 39.2 Å². The largest absolute Gasteiger partial charge is 0.480 e. The second-order valence-corrected chi connectivity index (χ2v) is 11.7. The van der Waals surface area contributed by atoms with E-state index in [4.69, 9.17) is 0 Å². The summed E-state index contributed by atoms with van der Waals surface area (Å²) in [5.74, 6) is -3.05. The molecule has 208 valence electrons. The standard InChI is InChI=1S/C24H39N4O8P/c1-2-20-3-5-21(6-4-20)18-37(35,36)19-28-13-11-26(16-23(31)32)9-7-25(15-22(29)30)8-10-27(12-14-28)17-24(33)34/h3-6H,2,7-19H2,1H3,(H,29,30)(H,31,32)(H,33,34)(H,35,36). The highest BCUT2D eigenvalue weighted by atomic mass is 31.2. The smallest absolute Gasteiger partial charge is 0.317 e. The van der Waals surface area contributed by atoms with E-state index in [1.54, 1.807) is 19.6 Å². The van der Waals surface area contributed by atoms with Crippen molar-refractivity contribution in [1.29, 1.82) is 0 Å². The van der Waals surface area contributed by atoms with Crippen LogP contribution in [0.5, 0.6) is 0 Å². The minimum atomic E-state index is -3.62. The van der Waals surface area contributed by atoms with Gasteiger partial charge < -0.3 is 20.2 Å². The van der Waals surface area contributed by atoms with Crippen LogP contribution >= 0.6 is 7.37 Å². The van der Waals surface area contributed by atoms with Crippen LogP contribution in [0.4, 0.5) is 0 Å². The van der Waals surface area contributed by atoms with Gasteiger partial charge in [-0.25, -0.2) is 0 Å². The van der Waals surface area contributed by atoms with Crippen molar-refractivity contribution >= 4 is 25.3 Å². The second kappa shape index (κ2) is 15.2. The lowest BCUT2D eigenvalue weighted by Gasteiger charge is -2.33. The van der Waals surface area contributed by atoms with Crippen molar-refractivity contribution in [2.45, 2.75) is 19.5 Å². The molecule has 0 spiro atoms. The van der Waals surface area contributed by atoms with Crippen molar-refractivity contribution in [2.24, 2.45) is 0 Å². The molecule has 0 aromatic heterocycles. The fourth-order valence-electron chi connectivity index (χ4n) is 4.30. The van der Waals surface area contributed by atoms with E-state index in [9.17, 15) is 39.2 Å². The van der Waals surface area contributed by atoms with E-state index in [0.29, 0.717) is 52.4 Å². The number of benzene rings is 1. The van der Waals surface area contributed by atoms with E-state index in [1.807, 2.05) is 31.2 Å². The summed E-state index contributed by atoms with van der Waals surface area (Å²) in [5.41, 5.74) is 1.90. The number of rotatable bonds is 11. The third-order valence-electron chi connectivity index (χ3n) is 6.29. The highest BCUT2D eigenvalue weighted by molar-refractivity contribution is 7.57. The van der Waals surface area contributed by atoms with Crippen LogP contribution in [0.1, 0.15) is 18.1 Å². The zero-order valence-electron chi connectivity index (χ0n) is 21.4. The maximum atomic E-state index is 13.2. The van der Waals surface area contributed by atoms with Crippen LogP contribution in [0.15, 0.2) is 24.3 Å². The Morgan fingerprint density at radius 2 is 1.00 bits per heavy atom. The van der Waals surface area contributed by atoms with Crippen molar-refractivity contribution in [3.8, 4) is 0 Å². The molecule has 0 bridgehead atoms. The van der Waals surface area contributed by atoms with Crippen molar-refractivity contribution in [2.75, 3.05) is 78.3 Å². The molecular weight excluding hydrogens is 503 g/mol. The fraction of sp³-hybridized carbons (Fsp3) is 0.625. The first-order chi connectivity index (χ1) is 17.5. The van der Waals surface area contributed by atoms with Gasteiger partial charge in [-0.05, 0) is 17.5 Å². The number of carboxylic acid groups (broad SMARTS) is 3. The summed E-state index contributed by atoms with van der Waals surface area (Å²) in [6.07, 6.45) is 0.781. The zero-order chi connectivity index (χ0) is 27.4. The Balaban J connectivity index is 2.17. The van der Waals surface area contributed by atoms with Gasteiger partial charge in [-0.2, -0.15) is 0 Å². The number of hydrogen-bond donors (Lipinski definition) is 4. The van der Waals surface area contributed by atoms with Gasteiger partial charge in [0.25, 0.3) is 0 Å². The minimum Gasteiger partial charge on any atom is -0.480 e. The third-order valence-corrected chi connectivity index (χ3v) is 7.99. The molecule has 1 saturated heterocycles. The van der Waals surface area contributed by atoms with Crippen LogP contribution in [0.25, 0.3) is 0 Å². The van der Waals surface area contributed by atoms with Gasteiger partial charge in [0.15, 0.2) is 0 Å². The molecular formula is C24H39N4O8P. The van der Waals surface area contributed by atoms with Gasteiger partial charge >= 0.3 is 17.9 Å². The van der Waals surface area contributed by atoms with Crippen molar-refractivity contribution in [1.82, 2.24) is 19.6 Å². The van der Waals surface area contributed by atoms with Gasteiger partial charge in [-0.15, -0.1) is 0 Å². The first kappa shape index (κ1) is 30.9. The summed E-state index contributed by atoms with van der Waals surface area (Å²) in [4.78, 5) is 51.7. The molecule has 13 heteroatoms. The molecule has 4 N–H and O–H groups in total. The van der Waals surface area contributed by atoms with E-state index in [0.717, 1.165) is 17.5 Å². The van der Waals surface area contributed by atoms with E-state index in [-0.39, 0.29) is 32.1 Å². The number of nitrogens with zero attached hydrogens (tertiary/aromatic N) is 4. The van der Waals surface area contributed by atoms with Crippen LogP contribution in [0.2, 0.25) is 0 Å². The monoisotopic (exact) mass is 542 g/mol. The molecule has 1 atom stereocenters. The summed E-state index contributed by atoms with van der Waals surface area (Å²) < 4.78 is 13.2. The lowest BCUT2D eigenvalue weighted by atomic mass is 10.1. The molecule has 0 aliphatic carbocycles. The molecule has 1 aliphatic rings. The Bertz CT molecular complexity index is 913. The molecule has 0 saturated carbocycles. The molecule has 1 unspecified atom stereocenters. The van der Waals surface area contributed by atoms with Gasteiger partial charge in [0, 0.05) is 52.4 Å². The molecule has 1 aliphatic heterocycles. The Morgan fingerprint density at radius 1 is 0.676 bits per heavy atom. The highest BCUT2D eigenvalue weighted by Crippen LogP contribution is 2.45. The van der Waals surface area contributed by atoms with E-state index >= 15 is 0 Å². The summed E-state index contributed by atoms with van der Waals surface area (Å²) in [5, 5.41) is 27.9. The number of carbonyl (C=O) groups is 3. The van der Waals surface area contributed by atoms with Crippen LogP contribution in [-0.2, 0) is 31.5 Å². The quantitative estimate of drug-likeness (QED) is 0.286. The van der Waals surface area contributed by atoms with Gasteiger partial charge in [0.2, 0.25) is 7.37 Å². The zero-order valence-corrected chi connectivity index (χ0v) is 22.3. The molecule has 1 aromatic carbocycles. The van der Waals surface area contributed by atoms with E-state index in [2.05, 4.69) is 0 Å². The molecule has 0 amide bonds. The first-order valence-corrected chi connectivity index (χ1v) is 14.4. The minimum absolute atomic E-state index is 0.00925. The SMILES string of the molecule is CCc1ccc(CP(=O)(O)CN2CCN(CC(=O)O)CCN(CC(=O)O)CCN(CC(=O)O)CC2)cc1. The summed E-state index contributed by atoms with van der Waals surface area (Å²) in [6.45, 7) is 3.75. The molecule has 1 heterocycles. The third kappa shape index (κ3) is 12.6. The average Bonchev–Trinajstić information content (AvgIpc) is 2.80. The predicted octanol–water partition coefficient (Wildman–Crippen LogP) is 0.452. The molecule has 2 rings (SSSR count). The average molecular weight is 543 g/mol. The van der Waals surface area contributed by atoms with Crippen LogP contribution in [-0.4, -0.2) is 136 Å². The Kier molecular flexibility index (Phi) is 12.7. The summed E-state index contributed by atoms with van der Waals surface area (Å²) in [6, 6.07) is 7.58. The normalized spacial score (nSPS) is 19.4. The lowest BCUT2D eigenvalue weighted by molar-refractivity contribution is -0.140. The van der Waals surface area contributed by atoms with Crippen molar-refractivity contribution in [3.05, 3.63) is 35.4 Å². The Hall–Kier alpha value is -2.34. The Morgan fingerprint density at radius 3 is 1.32 bits per heavy atom. The lowest BCUT2D eigenvalue weighted by Crippen LogP contribution is -2.48. The predicted molar refractivity (Wildman–Crippen MR) is 138 cm³/mol. The van der Waals surface area contributed by atoms with Crippen LogP contribution in [0.3, 0.4) is 0 Å². The first-order valence-electron chi connectivity index (χ1n) is 12.4. The maximum absolute atomic E-state index is 13.2. The second-order valence-electron chi connectivity index (χ2n) is 9.44. The molecule has 1 aromatic rings. The van der Waals surface area contributed by atoms with Gasteiger partial charge in [0.1, 0.15) is 0 Å². The van der Waals surface area contributed by atoms with Crippen LogP contribution < -0.4 is 0 Å². The van der Waals surface area contributed by atoms with Gasteiger partial charge in [-0.1, -0.05) is 31.2 Å². The van der Waals surface area contributed by atoms with Gasteiger partial charge in [0.05, 0.1) is 32.1 Å². The number of hydrogen-bond acceptors (Lipinski definition) is 8. The van der Waals surface area contributed by atoms with Crippen LogP contribution in [0, 0.1) is 0 Å². The highest BCUT2D eigenvalue weighted by Gasteiger charge is 2.26. The molecule has 37 heavy (non-hydrogen) atoms. The number of aryl methyl sites for hydroxylation is 1. The fourth-order valence-corrected chi connectivity index (χ4v) is 6.09. The van der Waals surface area contributed by atoms with E-state index < -0.39 is 25.3 Å². The van der Waals surface area contributed by atoms with Gasteiger partial charge in [-0.3, -0.25) is 38.5 Å². The summed E-state index contributed by atoms with van der Waals surface area (Å²) >= 11 is 0. The molecule has 0 radical (unpaired) electrons. The Labute approximate surface area is 217 Å². The molecule has 1 fully saturated rings. The summed E-state index contributed by atoms with van der Waals surface area (Å²) in [7, 11) is -3.62. The number of aliphatic carboxylic acids is 3. The maximum Gasteiger partial charge on any atom is 0.317 e. The number of carboxylic acids is 3. The van der Waals surface area contributed by atoms with E-state index in [1.165, 1.54) is 0 Å².